The maximum Gasteiger partial charge on any atom is 0.405 e. The molecule has 0 saturated carbocycles. The fraction of sp³-hybridized carbons (Fsp3) is 0.400. The number of carbonyl (C=O) groups is 2. The molecule has 14 heteroatoms. The molecule has 10 nitrogen and oxygen atoms in total. The lowest BCUT2D eigenvalue weighted by Gasteiger charge is -2.14. The van der Waals surface area contributed by atoms with Gasteiger partial charge in [0.1, 0.15) is 23.9 Å². The first kappa shape index (κ1) is 25.2. The summed E-state index contributed by atoms with van der Waals surface area (Å²) < 4.78 is 67.5. The molecule has 1 aliphatic heterocycles. The Balaban J connectivity index is 1.84. The number of halogens is 3. The largest absolute Gasteiger partial charge is 0.491 e. The quantitative estimate of drug-likeness (QED) is 0.410. The van der Waals surface area contributed by atoms with Crippen LogP contribution in [-0.4, -0.2) is 77.6 Å². The van der Waals surface area contributed by atoms with Gasteiger partial charge in [-0.3, -0.25) is 9.59 Å². The first-order valence-corrected chi connectivity index (χ1v) is 12.0. The van der Waals surface area contributed by atoms with Gasteiger partial charge in [0.15, 0.2) is 15.5 Å². The number of sulfone groups is 1. The van der Waals surface area contributed by atoms with Crippen molar-refractivity contribution in [3.8, 4) is 11.4 Å². The number of allylic oxidation sites excluding steroid dienone is 1. The normalized spacial score (nSPS) is 15.2. The maximum atomic E-state index is 12.6. The van der Waals surface area contributed by atoms with Crippen LogP contribution in [0.3, 0.4) is 0 Å². The lowest BCUT2D eigenvalue weighted by Crippen LogP contribution is -2.33. The zero-order chi connectivity index (χ0) is 24.9. The molecule has 0 atom stereocenters. The second-order valence-electron chi connectivity index (χ2n) is 7.45. The highest BCUT2D eigenvalue weighted by Gasteiger charge is 2.31. The molecule has 0 unspecified atom stereocenters. The Morgan fingerprint density at radius 2 is 2.06 bits per heavy atom. The van der Waals surface area contributed by atoms with E-state index in [1.54, 1.807) is 11.4 Å². The van der Waals surface area contributed by atoms with Gasteiger partial charge >= 0.3 is 6.18 Å². The minimum Gasteiger partial charge on any atom is -0.491 e. The number of aromatic nitrogens is 3. The molecule has 1 aromatic heterocycles. The molecule has 0 bridgehead atoms. The second-order valence-corrected chi connectivity index (χ2v) is 9.61. The third kappa shape index (κ3) is 6.56. The number of nitrogens with zero attached hydrogens (tertiary/aromatic N) is 4. The van der Waals surface area contributed by atoms with E-state index in [0.29, 0.717) is 12.8 Å². The van der Waals surface area contributed by atoms with E-state index in [0.717, 1.165) is 4.90 Å². The molecule has 1 aliphatic rings. The number of hydrogen-bond donors (Lipinski definition) is 1. The van der Waals surface area contributed by atoms with Gasteiger partial charge in [0.25, 0.3) is 11.8 Å². The van der Waals surface area contributed by atoms with Crippen molar-refractivity contribution in [2.24, 2.45) is 0 Å². The molecule has 184 valence electrons. The summed E-state index contributed by atoms with van der Waals surface area (Å²) in [6, 6.07) is 3.95. The fourth-order valence-electron chi connectivity index (χ4n) is 3.07. The first-order chi connectivity index (χ1) is 16.0. The Labute approximate surface area is 193 Å². The number of nitrogens with one attached hydrogen (secondary N) is 1. The lowest BCUT2D eigenvalue weighted by atomic mass is 10.1. The number of unbranched alkanes of at least 4 members (excludes halogenated alkanes) is 1. The fourth-order valence-corrected chi connectivity index (χ4v) is 4.42. The van der Waals surface area contributed by atoms with Crippen LogP contribution in [0.5, 0.6) is 5.75 Å². The van der Waals surface area contributed by atoms with Crippen LogP contribution >= 0.6 is 0 Å². The highest BCUT2D eigenvalue weighted by Crippen LogP contribution is 2.25. The SMILES string of the molecule is C=CCCCOc1cc(C(=O)NCC(F)(F)F)ccc1-n1cc(C(=O)N2CCS(=O)(=O)C2)nn1. The van der Waals surface area contributed by atoms with Crippen molar-refractivity contribution >= 4 is 21.7 Å². The molecule has 0 radical (unpaired) electrons. The second kappa shape index (κ2) is 10.2. The van der Waals surface area contributed by atoms with Gasteiger partial charge in [-0.15, -0.1) is 11.7 Å². The van der Waals surface area contributed by atoms with Crippen molar-refractivity contribution in [3.63, 3.8) is 0 Å². The number of hydrogen-bond acceptors (Lipinski definition) is 7. The Bertz CT molecular complexity index is 1180. The average molecular weight is 501 g/mol. The van der Waals surface area contributed by atoms with Gasteiger partial charge in [0, 0.05) is 12.1 Å². The average Bonchev–Trinajstić information content (AvgIpc) is 3.40. The van der Waals surface area contributed by atoms with Gasteiger partial charge in [-0.25, -0.2) is 13.1 Å². The number of amides is 2. The lowest BCUT2D eigenvalue weighted by molar-refractivity contribution is -0.123. The molecule has 1 aromatic carbocycles. The topological polar surface area (TPSA) is 123 Å². The van der Waals surface area contributed by atoms with Gasteiger partial charge in [0.05, 0.1) is 18.6 Å². The van der Waals surface area contributed by atoms with Crippen LogP contribution in [0, 0.1) is 0 Å². The zero-order valence-electron chi connectivity index (χ0n) is 17.9. The Morgan fingerprint density at radius 3 is 2.71 bits per heavy atom. The van der Waals surface area contributed by atoms with Gasteiger partial charge in [-0.2, -0.15) is 13.2 Å². The van der Waals surface area contributed by atoms with Crippen LogP contribution in [0.2, 0.25) is 0 Å². The standard InChI is InChI=1S/C20H22F3N5O5S/c1-2-3-4-8-33-17-10-14(18(29)24-12-20(21,22)23)5-6-16(17)28-11-15(25-26-28)19(30)27-7-9-34(31,32)13-27/h2,5-6,10-11H,1,3-4,7-9,12-13H2,(H,24,29). The number of rotatable bonds is 9. The summed E-state index contributed by atoms with van der Waals surface area (Å²) in [5, 5.41) is 9.48. The Kier molecular flexibility index (Phi) is 7.59. The molecule has 2 aromatic rings. The van der Waals surface area contributed by atoms with Crippen molar-refractivity contribution in [1.29, 1.82) is 0 Å². The smallest absolute Gasteiger partial charge is 0.405 e. The van der Waals surface area contributed by atoms with Crippen molar-refractivity contribution < 1.29 is 35.9 Å². The third-order valence-electron chi connectivity index (χ3n) is 4.75. The van der Waals surface area contributed by atoms with Crippen LogP contribution in [0.25, 0.3) is 5.69 Å². The van der Waals surface area contributed by atoms with Crippen LogP contribution in [-0.2, 0) is 9.84 Å². The van der Waals surface area contributed by atoms with E-state index < -0.39 is 40.2 Å². The maximum absolute atomic E-state index is 12.6. The number of ether oxygens (including phenoxy) is 1. The van der Waals surface area contributed by atoms with Crippen LogP contribution < -0.4 is 10.1 Å². The molecule has 3 rings (SSSR count). The van der Waals surface area contributed by atoms with Crippen LogP contribution in [0.15, 0.2) is 37.1 Å². The minimum absolute atomic E-state index is 0.0490. The van der Waals surface area contributed by atoms with Crippen molar-refractivity contribution in [1.82, 2.24) is 25.2 Å². The summed E-state index contributed by atoms with van der Waals surface area (Å²) >= 11 is 0. The molecule has 0 spiro atoms. The Morgan fingerprint density at radius 1 is 1.29 bits per heavy atom. The predicted octanol–water partition coefficient (Wildman–Crippen LogP) is 1.73. The molecule has 1 N–H and O–H groups in total. The number of carbonyl (C=O) groups excluding carboxylic acids is 2. The molecule has 0 aliphatic carbocycles. The van der Waals surface area contributed by atoms with E-state index in [2.05, 4.69) is 16.9 Å². The molecule has 2 heterocycles. The summed E-state index contributed by atoms with van der Waals surface area (Å²) in [6.45, 7) is 2.40. The third-order valence-corrected chi connectivity index (χ3v) is 6.26. The Hall–Kier alpha value is -3.42. The highest BCUT2D eigenvalue weighted by atomic mass is 32.2. The first-order valence-electron chi connectivity index (χ1n) is 10.1. The van der Waals surface area contributed by atoms with E-state index in [1.807, 2.05) is 0 Å². The monoisotopic (exact) mass is 501 g/mol. The predicted molar refractivity (Wildman–Crippen MR) is 114 cm³/mol. The molecule has 34 heavy (non-hydrogen) atoms. The summed E-state index contributed by atoms with van der Waals surface area (Å²) in [4.78, 5) is 25.9. The van der Waals surface area contributed by atoms with E-state index in [-0.39, 0.29) is 41.6 Å². The van der Waals surface area contributed by atoms with Crippen molar-refractivity contribution in [2.75, 3.05) is 31.3 Å². The van der Waals surface area contributed by atoms with Crippen LogP contribution in [0.4, 0.5) is 13.2 Å². The minimum atomic E-state index is -4.56. The summed E-state index contributed by atoms with van der Waals surface area (Å²) in [5.74, 6) is -1.95. The summed E-state index contributed by atoms with van der Waals surface area (Å²) in [7, 11) is -3.33. The summed E-state index contributed by atoms with van der Waals surface area (Å²) in [6.07, 6.45) is -0.334. The van der Waals surface area contributed by atoms with Gasteiger partial charge in [0.2, 0.25) is 0 Å². The van der Waals surface area contributed by atoms with Gasteiger partial charge in [-0.05, 0) is 31.0 Å². The zero-order valence-corrected chi connectivity index (χ0v) is 18.7. The number of alkyl halides is 3. The molecule has 1 saturated heterocycles. The van der Waals surface area contributed by atoms with Gasteiger partial charge in [-0.1, -0.05) is 11.3 Å². The van der Waals surface area contributed by atoms with Crippen molar-refractivity contribution in [2.45, 2.75) is 19.0 Å². The summed E-state index contributed by atoms with van der Waals surface area (Å²) in [5.41, 5.74) is 0.124. The van der Waals surface area contributed by atoms with Crippen LogP contribution in [0.1, 0.15) is 33.7 Å². The highest BCUT2D eigenvalue weighted by molar-refractivity contribution is 7.91. The van der Waals surface area contributed by atoms with E-state index in [9.17, 15) is 31.2 Å². The molecule has 1 fully saturated rings. The van der Waals surface area contributed by atoms with E-state index >= 15 is 0 Å². The van der Waals surface area contributed by atoms with E-state index in [4.69, 9.17) is 4.74 Å². The molecular weight excluding hydrogens is 479 g/mol. The molecular formula is C20H22F3N5O5S. The molecule has 2 amide bonds. The van der Waals surface area contributed by atoms with E-state index in [1.165, 1.54) is 29.1 Å². The van der Waals surface area contributed by atoms with Crippen molar-refractivity contribution in [3.05, 3.63) is 48.3 Å². The van der Waals surface area contributed by atoms with Gasteiger partial charge < -0.3 is 15.0 Å². The number of benzene rings is 1.